The van der Waals surface area contributed by atoms with Gasteiger partial charge in [-0.2, -0.15) is 0 Å². The van der Waals surface area contributed by atoms with Crippen LogP contribution in [0.3, 0.4) is 0 Å². The summed E-state index contributed by atoms with van der Waals surface area (Å²) >= 11 is 0. The van der Waals surface area contributed by atoms with E-state index in [-0.39, 0.29) is 12.3 Å². The van der Waals surface area contributed by atoms with E-state index < -0.39 is 5.60 Å². The number of nitrogens with zero attached hydrogens (tertiary/aromatic N) is 2. The number of rotatable bonds is 4. The standard InChI is InChI=1S/C25H20N2O2/c28-24-25(29,16-20-15-14-19-10-4-6-12-22(19)26-20)21-11-5-7-13-23(21)27(24)17-18-8-2-1-3-9-18/h1-15,29H,16-17H2. The van der Waals surface area contributed by atoms with Gasteiger partial charge in [-0.1, -0.05) is 72.8 Å². The zero-order valence-corrected chi connectivity index (χ0v) is 15.8. The van der Waals surface area contributed by atoms with Gasteiger partial charge in [0.2, 0.25) is 0 Å². The Morgan fingerprint density at radius 1 is 0.828 bits per heavy atom. The maximum atomic E-state index is 13.4. The van der Waals surface area contributed by atoms with E-state index in [9.17, 15) is 9.90 Å². The number of aromatic nitrogens is 1. The molecule has 0 radical (unpaired) electrons. The number of pyridine rings is 1. The summed E-state index contributed by atoms with van der Waals surface area (Å²) in [5, 5.41) is 12.6. The number of carbonyl (C=O) groups excluding carboxylic acids is 1. The number of hydrogen-bond acceptors (Lipinski definition) is 3. The monoisotopic (exact) mass is 380 g/mol. The van der Waals surface area contributed by atoms with Crippen LogP contribution >= 0.6 is 0 Å². The van der Waals surface area contributed by atoms with Gasteiger partial charge in [-0.05, 0) is 23.8 Å². The van der Waals surface area contributed by atoms with Crippen molar-refractivity contribution in [3.8, 4) is 0 Å². The van der Waals surface area contributed by atoms with Crippen LogP contribution in [0, 0.1) is 0 Å². The van der Waals surface area contributed by atoms with E-state index >= 15 is 0 Å². The summed E-state index contributed by atoms with van der Waals surface area (Å²) in [4.78, 5) is 19.7. The number of fused-ring (bicyclic) bond motifs is 2. The van der Waals surface area contributed by atoms with Crippen molar-refractivity contribution < 1.29 is 9.90 Å². The zero-order chi connectivity index (χ0) is 19.8. The molecule has 4 nitrogen and oxygen atoms in total. The third-order valence-electron chi connectivity index (χ3n) is 5.52. The Balaban J connectivity index is 1.53. The van der Waals surface area contributed by atoms with Crippen molar-refractivity contribution in [2.45, 2.75) is 18.6 Å². The van der Waals surface area contributed by atoms with Crippen LogP contribution in [0.5, 0.6) is 0 Å². The molecule has 0 saturated heterocycles. The Bertz CT molecular complexity index is 1210. The lowest BCUT2D eigenvalue weighted by atomic mass is 9.90. The molecule has 1 aliphatic rings. The molecule has 0 bridgehead atoms. The highest BCUT2D eigenvalue weighted by Crippen LogP contribution is 2.42. The SMILES string of the molecule is O=C1N(Cc2ccccc2)c2ccccc2C1(O)Cc1ccc2ccccc2n1. The lowest BCUT2D eigenvalue weighted by Crippen LogP contribution is -2.41. The first kappa shape index (κ1) is 17.6. The second-order valence-corrected chi connectivity index (χ2v) is 7.43. The van der Waals surface area contributed by atoms with Gasteiger partial charge in [0.1, 0.15) is 0 Å². The van der Waals surface area contributed by atoms with Crippen molar-refractivity contribution in [1.82, 2.24) is 4.98 Å². The molecule has 4 aromatic rings. The quantitative estimate of drug-likeness (QED) is 0.577. The molecule has 5 rings (SSSR count). The van der Waals surface area contributed by atoms with E-state index in [1.807, 2.05) is 91.0 Å². The summed E-state index contributed by atoms with van der Waals surface area (Å²) in [6, 6.07) is 29.0. The fourth-order valence-corrected chi connectivity index (χ4v) is 4.07. The van der Waals surface area contributed by atoms with Gasteiger partial charge in [-0.25, -0.2) is 0 Å². The van der Waals surface area contributed by atoms with Crippen molar-refractivity contribution >= 4 is 22.5 Å². The molecule has 0 fully saturated rings. The minimum absolute atomic E-state index is 0.138. The molecule has 3 aromatic carbocycles. The summed E-state index contributed by atoms with van der Waals surface area (Å²) in [6.45, 7) is 0.421. The summed E-state index contributed by atoms with van der Waals surface area (Å²) < 4.78 is 0. The highest BCUT2D eigenvalue weighted by atomic mass is 16.3. The Morgan fingerprint density at radius 2 is 1.55 bits per heavy atom. The van der Waals surface area contributed by atoms with Crippen molar-refractivity contribution in [3.05, 3.63) is 108 Å². The van der Waals surface area contributed by atoms with Gasteiger partial charge in [-0.15, -0.1) is 0 Å². The zero-order valence-electron chi connectivity index (χ0n) is 15.8. The second kappa shape index (κ2) is 6.83. The Hall–Kier alpha value is -3.50. The molecule has 142 valence electrons. The molecule has 0 saturated carbocycles. The highest BCUT2D eigenvalue weighted by molar-refractivity contribution is 6.07. The number of carbonyl (C=O) groups is 1. The minimum atomic E-state index is -1.62. The molecule has 29 heavy (non-hydrogen) atoms. The Kier molecular flexibility index (Phi) is 4.14. The summed E-state index contributed by atoms with van der Waals surface area (Å²) in [6.07, 6.45) is 0.138. The first-order chi connectivity index (χ1) is 14.1. The fraction of sp³-hybridized carbons (Fsp3) is 0.120. The highest BCUT2D eigenvalue weighted by Gasteiger charge is 2.49. The van der Waals surface area contributed by atoms with Crippen LogP contribution in [0.2, 0.25) is 0 Å². The maximum Gasteiger partial charge on any atom is 0.264 e. The van der Waals surface area contributed by atoms with E-state index in [1.54, 1.807) is 4.90 Å². The molecular formula is C25H20N2O2. The molecule has 0 aliphatic carbocycles. The molecule has 4 heteroatoms. The molecule has 2 heterocycles. The van der Waals surface area contributed by atoms with E-state index in [0.717, 1.165) is 22.2 Å². The van der Waals surface area contributed by atoms with Crippen molar-refractivity contribution in [2.75, 3.05) is 4.90 Å². The van der Waals surface area contributed by atoms with Crippen LogP contribution in [-0.2, 0) is 23.4 Å². The van der Waals surface area contributed by atoms with Gasteiger partial charge >= 0.3 is 0 Å². The number of aliphatic hydroxyl groups is 1. The van der Waals surface area contributed by atoms with E-state index in [2.05, 4.69) is 4.98 Å². The second-order valence-electron chi connectivity index (χ2n) is 7.43. The largest absolute Gasteiger partial charge is 0.375 e. The Labute approximate surface area is 169 Å². The number of benzene rings is 3. The predicted octanol–water partition coefficient (Wildman–Crippen LogP) is 4.21. The van der Waals surface area contributed by atoms with E-state index in [1.165, 1.54) is 0 Å². The van der Waals surface area contributed by atoms with Crippen molar-refractivity contribution in [3.63, 3.8) is 0 Å². The van der Waals surface area contributed by atoms with Gasteiger partial charge in [-0.3, -0.25) is 9.78 Å². The molecule has 1 N–H and O–H groups in total. The summed E-state index contributed by atoms with van der Waals surface area (Å²) in [7, 11) is 0. The van der Waals surface area contributed by atoms with Crippen LogP contribution < -0.4 is 4.90 Å². The normalized spacial score (nSPS) is 18.2. The molecule has 1 aliphatic heterocycles. The van der Waals surface area contributed by atoms with Gasteiger partial charge in [0, 0.05) is 23.1 Å². The molecule has 1 unspecified atom stereocenters. The molecule has 1 aromatic heterocycles. The maximum absolute atomic E-state index is 13.4. The fourth-order valence-electron chi connectivity index (χ4n) is 4.07. The van der Waals surface area contributed by atoms with Crippen LogP contribution in [0.25, 0.3) is 10.9 Å². The van der Waals surface area contributed by atoms with E-state index in [4.69, 9.17) is 0 Å². The molecule has 0 spiro atoms. The average Bonchev–Trinajstić information content (AvgIpc) is 2.96. The van der Waals surface area contributed by atoms with Crippen LogP contribution in [0.1, 0.15) is 16.8 Å². The topological polar surface area (TPSA) is 53.4 Å². The molecule has 1 amide bonds. The average molecular weight is 380 g/mol. The lowest BCUT2D eigenvalue weighted by Gasteiger charge is -2.23. The minimum Gasteiger partial charge on any atom is -0.375 e. The van der Waals surface area contributed by atoms with E-state index in [0.29, 0.717) is 17.8 Å². The van der Waals surface area contributed by atoms with Crippen molar-refractivity contribution in [1.29, 1.82) is 0 Å². The predicted molar refractivity (Wildman–Crippen MR) is 113 cm³/mol. The van der Waals surface area contributed by atoms with Gasteiger partial charge in [0.25, 0.3) is 5.91 Å². The lowest BCUT2D eigenvalue weighted by molar-refractivity contribution is -0.136. The number of anilines is 1. The van der Waals surface area contributed by atoms with Gasteiger partial charge in [0.15, 0.2) is 5.60 Å². The molecular weight excluding hydrogens is 360 g/mol. The summed E-state index contributed by atoms with van der Waals surface area (Å²) in [5.41, 5.74) is 2.33. The number of amides is 1. The number of hydrogen-bond donors (Lipinski definition) is 1. The van der Waals surface area contributed by atoms with Crippen LogP contribution in [0.15, 0.2) is 91.0 Å². The van der Waals surface area contributed by atoms with Gasteiger partial charge in [0.05, 0.1) is 17.7 Å². The number of para-hydroxylation sites is 2. The van der Waals surface area contributed by atoms with Crippen molar-refractivity contribution in [2.24, 2.45) is 0 Å². The van der Waals surface area contributed by atoms with Gasteiger partial charge < -0.3 is 10.0 Å². The third-order valence-corrected chi connectivity index (χ3v) is 5.52. The first-order valence-corrected chi connectivity index (χ1v) is 9.68. The smallest absolute Gasteiger partial charge is 0.264 e. The third kappa shape index (κ3) is 2.98. The Morgan fingerprint density at radius 3 is 2.41 bits per heavy atom. The van der Waals surface area contributed by atoms with Crippen LogP contribution in [-0.4, -0.2) is 16.0 Å². The first-order valence-electron chi connectivity index (χ1n) is 9.68. The summed E-state index contributed by atoms with van der Waals surface area (Å²) in [5.74, 6) is -0.308. The van der Waals surface area contributed by atoms with Crippen LogP contribution in [0.4, 0.5) is 5.69 Å². The molecule has 1 atom stereocenters.